The average molecular weight is 269 g/mol. The number of hydrogen-bond acceptors (Lipinski definition) is 2. The average Bonchev–Trinajstić information content (AvgIpc) is 2.49. The number of para-hydroxylation sites is 1. The van der Waals surface area contributed by atoms with Crippen molar-refractivity contribution in [3.05, 3.63) is 59.7 Å². The summed E-state index contributed by atoms with van der Waals surface area (Å²) in [6.07, 6.45) is 2.04. The second-order valence-electron chi connectivity index (χ2n) is 4.89. The van der Waals surface area contributed by atoms with Crippen LogP contribution in [0.25, 0.3) is 0 Å². The lowest BCUT2D eigenvalue weighted by Gasteiger charge is -2.16. The molecule has 0 radical (unpaired) electrons. The fourth-order valence-electron chi connectivity index (χ4n) is 2.42. The second kappa shape index (κ2) is 7.11. The van der Waals surface area contributed by atoms with Gasteiger partial charge in [0.25, 0.3) is 0 Å². The van der Waals surface area contributed by atoms with Crippen LogP contribution in [0.4, 0.5) is 0 Å². The summed E-state index contributed by atoms with van der Waals surface area (Å²) in [5.74, 6) is 1.85. The van der Waals surface area contributed by atoms with Crippen molar-refractivity contribution < 1.29 is 4.74 Å². The lowest BCUT2D eigenvalue weighted by atomic mass is 10.0. The Morgan fingerprint density at radius 2 is 1.85 bits per heavy atom. The molecule has 2 nitrogen and oxygen atoms in total. The smallest absolute Gasteiger partial charge is 0.130 e. The first-order valence-electron chi connectivity index (χ1n) is 7.31. The van der Waals surface area contributed by atoms with Crippen molar-refractivity contribution in [3.63, 3.8) is 0 Å². The van der Waals surface area contributed by atoms with Gasteiger partial charge in [-0.15, -0.1) is 0 Å². The summed E-state index contributed by atoms with van der Waals surface area (Å²) in [5.41, 5.74) is 2.50. The van der Waals surface area contributed by atoms with E-state index in [9.17, 15) is 0 Å². The monoisotopic (exact) mass is 269 g/mol. The molecule has 2 rings (SSSR count). The first-order valence-corrected chi connectivity index (χ1v) is 7.31. The molecule has 0 aromatic heterocycles. The van der Waals surface area contributed by atoms with Crippen molar-refractivity contribution in [1.82, 2.24) is 5.32 Å². The van der Waals surface area contributed by atoms with Crippen LogP contribution in [0, 0.1) is 0 Å². The van der Waals surface area contributed by atoms with Crippen molar-refractivity contribution >= 4 is 0 Å². The van der Waals surface area contributed by atoms with Gasteiger partial charge in [-0.3, -0.25) is 0 Å². The summed E-state index contributed by atoms with van der Waals surface area (Å²) in [7, 11) is 1.99. The molecule has 2 heteroatoms. The predicted octanol–water partition coefficient (Wildman–Crippen LogP) is 4.71. The summed E-state index contributed by atoms with van der Waals surface area (Å²) >= 11 is 0. The number of ether oxygens (including phenoxy) is 1. The van der Waals surface area contributed by atoms with Gasteiger partial charge in [-0.05, 0) is 49.2 Å². The number of aryl methyl sites for hydroxylation is 1. The molecular weight excluding hydrogens is 246 g/mol. The third kappa shape index (κ3) is 3.40. The van der Waals surface area contributed by atoms with Crippen LogP contribution in [0.2, 0.25) is 0 Å². The van der Waals surface area contributed by atoms with Crippen LogP contribution in [0.1, 0.15) is 37.4 Å². The highest BCUT2D eigenvalue weighted by Crippen LogP contribution is 2.28. The third-order valence-corrected chi connectivity index (χ3v) is 3.60. The largest absolute Gasteiger partial charge is 0.457 e. The second-order valence-corrected chi connectivity index (χ2v) is 4.89. The van der Waals surface area contributed by atoms with Crippen LogP contribution in [0.3, 0.4) is 0 Å². The van der Waals surface area contributed by atoms with Crippen molar-refractivity contribution in [1.29, 1.82) is 0 Å². The van der Waals surface area contributed by atoms with E-state index in [1.165, 1.54) is 11.1 Å². The van der Waals surface area contributed by atoms with Crippen LogP contribution < -0.4 is 10.1 Å². The van der Waals surface area contributed by atoms with E-state index in [0.717, 1.165) is 24.3 Å². The summed E-state index contributed by atoms with van der Waals surface area (Å²) in [4.78, 5) is 0. The summed E-state index contributed by atoms with van der Waals surface area (Å²) in [6, 6.07) is 16.9. The van der Waals surface area contributed by atoms with Crippen molar-refractivity contribution in [3.8, 4) is 11.5 Å². The van der Waals surface area contributed by atoms with E-state index in [1.54, 1.807) is 0 Å². The van der Waals surface area contributed by atoms with Gasteiger partial charge in [-0.25, -0.2) is 0 Å². The Bertz CT molecular complexity index is 547. The van der Waals surface area contributed by atoms with Crippen molar-refractivity contribution in [2.75, 3.05) is 7.05 Å². The fourth-order valence-corrected chi connectivity index (χ4v) is 2.42. The van der Waals surface area contributed by atoms with Gasteiger partial charge in [-0.2, -0.15) is 0 Å². The maximum atomic E-state index is 6.05. The molecule has 0 fully saturated rings. The molecule has 20 heavy (non-hydrogen) atoms. The minimum atomic E-state index is 0.375. The van der Waals surface area contributed by atoms with Gasteiger partial charge in [-0.1, -0.05) is 44.2 Å². The highest BCUT2D eigenvalue weighted by molar-refractivity contribution is 5.39. The van der Waals surface area contributed by atoms with Crippen LogP contribution in [0.5, 0.6) is 11.5 Å². The van der Waals surface area contributed by atoms with E-state index in [0.29, 0.717) is 6.04 Å². The molecule has 2 aromatic carbocycles. The quantitative estimate of drug-likeness (QED) is 0.820. The molecular formula is C18H23NO. The zero-order chi connectivity index (χ0) is 14.4. The topological polar surface area (TPSA) is 21.3 Å². The van der Waals surface area contributed by atoms with E-state index >= 15 is 0 Å². The molecule has 0 saturated carbocycles. The maximum absolute atomic E-state index is 6.05. The highest BCUT2D eigenvalue weighted by Gasteiger charge is 2.08. The Morgan fingerprint density at radius 1 is 1.05 bits per heavy atom. The summed E-state index contributed by atoms with van der Waals surface area (Å²) < 4.78 is 6.05. The SMILES string of the molecule is CCc1ccccc1Oc1cccc(C(CC)NC)c1. The van der Waals surface area contributed by atoms with Crippen LogP contribution in [-0.2, 0) is 6.42 Å². The Hall–Kier alpha value is -1.80. The van der Waals surface area contributed by atoms with E-state index in [-0.39, 0.29) is 0 Å². The van der Waals surface area contributed by atoms with Crippen LogP contribution in [-0.4, -0.2) is 7.05 Å². The van der Waals surface area contributed by atoms with Crippen molar-refractivity contribution in [2.45, 2.75) is 32.7 Å². The first kappa shape index (κ1) is 14.6. The van der Waals surface area contributed by atoms with Crippen LogP contribution in [0.15, 0.2) is 48.5 Å². The molecule has 1 atom stereocenters. The van der Waals surface area contributed by atoms with E-state index in [2.05, 4.69) is 49.5 Å². The molecule has 0 aliphatic rings. The van der Waals surface area contributed by atoms with Gasteiger partial charge in [0.2, 0.25) is 0 Å². The van der Waals surface area contributed by atoms with Gasteiger partial charge in [0.05, 0.1) is 0 Å². The molecule has 0 spiro atoms. The minimum Gasteiger partial charge on any atom is -0.457 e. The molecule has 1 N–H and O–H groups in total. The summed E-state index contributed by atoms with van der Waals surface area (Å²) in [6.45, 7) is 4.33. The van der Waals surface area contributed by atoms with Gasteiger partial charge < -0.3 is 10.1 Å². The van der Waals surface area contributed by atoms with Gasteiger partial charge in [0.15, 0.2) is 0 Å². The first-order chi connectivity index (χ1) is 9.78. The molecule has 106 valence electrons. The minimum absolute atomic E-state index is 0.375. The maximum Gasteiger partial charge on any atom is 0.130 e. The molecule has 0 bridgehead atoms. The molecule has 0 aliphatic heterocycles. The van der Waals surface area contributed by atoms with Gasteiger partial charge in [0, 0.05) is 6.04 Å². The third-order valence-electron chi connectivity index (χ3n) is 3.60. The molecule has 0 saturated heterocycles. The predicted molar refractivity (Wildman–Crippen MR) is 84.4 cm³/mol. The molecule has 1 unspecified atom stereocenters. The van der Waals surface area contributed by atoms with E-state index < -0.39 is 0 Å². The molecule has 0 heterocycles. The summed E-state index contributed by atoms with van der Waals surface area (Å²) in [5, 5.41) is 3.33. The highest BCUT2D eigenvalue weighted by atomic mass is 16.5. The zero-order valence-electron chi connectivity index (χ0n) is 12.5. The Labute approximate surface area is 121 Å². The number of hydrogen-bond donors (Lipinski definition) is 1. The zero-order valence-corrected chi connectivity index (χ0v) is 12.5. The number of rotatable bonds is 6. The lowest BCUT2D eigenvalue weighted by Crippen LogP contribution is -2.14. The normalized spacial score (nSPS) is 12.2. The standard InChI is InChI=1S/C18H23NO/c1-4-14-9-6-7-12-18(14)20-16-11-8-10-15(13-16)17(5-2)19-3/h6-13,17,19H,4-5H2,1-3H3. The number of benzene rings is 2. The van der Waals surface area contributed by atoms with Crippen molar-refractivity contribution in [2.24, 2.45) is 0 Å². The Kier molecular flexibility index (Phi) is 5.19. The Balaban J connectivity index is 2.23. The van der Waals surface area contributed by atoms with Crippen LogP contribution >= 0.6 is 0 Å². The fraction of sp³-hybridized carbons (Fsp3) is 0.333. The van der Waals surface area contributed by atoms with Gasteiger partial charge in [0.1, 0.15) is 11.5 Å². The molecule has 0 aliphatic carbocycles. The van der Waals surface area contributed by atoms with E-state index in [4.69, 9.17) is 4.74 Å². The lowest BCUT2D eigenvalue weighted by molar-refractivity contribution is 0.473. The van der Waals surface area contributed by atoms with E-state index in [1.807, 2.05) is 25.2 Å². The Morgan fingerprint density at radius 3 is 2.55 bits per heavy atom. The number of nitrogens with one attached hydrogen (secondary N) is 1. The molecule has 0 amide bonds. The molecule has 2 aromatic rings. The van der Waals surface area contributed by atoms with Gasteiger partial charge >= 0.3 is 0 Å².